The van der Waals surface area contributed by atoms with Crippen LogP contribution in [0.5, 0.6) is 5.75 Å². The van der Waals surface area contributed by atoms with Crippen molar-refractivity contribution in [2.24, 2.45) is 0 Å². The molecule has 1 N–H and O–H groups in total. The quantitative estimate of drug-likeness (QED) is 0.297. The van der Waals surface area contributed by atoms with Gasteiger partial charge in [-0.3, -0.25) is 13.9 Å². The average molecular weight is 600 g/mol. The first-order valence-electron chi connectivity index (χ1n) is 13.5. The second-order valence-electron chi connectivity index (χ2n) is 10.2. The van der Waals surface area contributed by atoms with Crippen molar-refractivity contribution >= 4 is 39.1 Å². The van der Waals surface area contributed by atoms with Gasteiger partial charge in [-0.15, -0.1) is 0 Å². The Morgan fingerprint density at radius 1 is 1.00 bits per heavy atom. The number of carbonyl (C=O) groups excluding carboxylic acids is 2. The summed E-state index contributed by atoms with van der Waals surface area (Å²) in [5, 5.41) is 3.23. The summed E-state index contributed by atoms with van der Waals surface area (Å²) in [5.41, 5.74) is 2.55. The molecule has 0 heterocycles. The summed E-state index contributed by atoms with van der Waals surface area (Å²) in [5.74, 6) is -0.244. The molecule has 3 rings (SSSR count). The van der Waals surface area contributed by atoms with Crippen LogP contribution in [0.1, 0.15) is 43.9 Å². The fourth-order valence-corrected chi connectivity index (χ4v) is 6.11. The Labute approximate surface area is 248 Å². The molecule has 1 unspecified atom stereocenters. The number of hydrogen-bond donors (Lipinski definition) is 1. The van der Waals surface area contributed by atoms with E-state index in [0.717, 1.165) is 15.4 Å². The van der Waals surface area contributed by atoms with Crippen LogP contribution in [-0.2, 0) is 26.2 Å². The average Bonchev–Trinajstić information content (AvgIpc) is 2.92. The topological polar surface area (TPSA) is 96.0 Å². The predicted molar refractivity (Wildman–Crippen MR) is 163 cm³/mol. The molecule has 10 heteroatoms. The van der Waals surface area contributed by atoms with E-state index in [9.17, 15) is 18.0 Å². The van der Waals surface area contributed by atoms with Gasteiger partial charge in [0, 0.05) is 17.6 Å². The summed E-state index contributed by atoms with van der Waals surface area (Å²) < 4.78 is 34.5. The lowest BCUT2D eigenvalue weighted by Crippen LogP contribution is -2.53. The smallest absolute Gasteiger partial charge is 0.264 e. The lowest BCUT2D eigenvalue weighted by Gasteiger charge is -2.34. The molecule has 1 atom stereocenters. The van der Waals surface area contributed by atoms with Crippen molar-refractivity contribution in [1.29, 1.82) is 0 Å². The molecular formula is C31H38ClN3O5S. The standard InChI is InChI=1S/C31H38ClN3O5S/c1-7-28(31(37)33-21(2)3)34(19-24-9-8-10-26(17-24)40-6)30(36)20-35(29-18-25(32)14-13-23(29)5)41(38,39)27-15-11-22(4)12-16-27/h8-18,21,28H,7,19-20H2,1-6H3,(H,33,37). The van der Waals surface area contributed by atoms with E-state index in [4.69, 9.17) is 16.3 Å². The number of amides is 2. The Balaban J connectivity index is 2.11. The van der Waals surface area contributed by atoms with Crippen LogP contribution in [0.25, 0.3) is 0 Å². The minimum Gasteiger partial charge on any atom is -0.497 e. The number of nitrogens with zero attached hydrogens (tertiary/aromatic N) is 2. The van der Waals surface area contributed by atoms with E-state index >= 15 is 0 Å². The Morgan fingerprint density at radius 3 is 2.29 bits per heavy atom. The van der Waals surface area contributed by atoms with Crippen molar-refractivity contribution in [3.05, 3.63) is 88.4 Å². The molecule has 0 aromatic heterocycles. The van der Waals surface area contributed by atoms with E-state index < -0.39 is 28.5 Å². The van der Waals surface area contributed by atoms with Crippen molar-refractivity contribution < 1.29 is 22.7 Å². The first kappa shape index (κ1) is 32.0. The number of methoxy groups -OCH3 is 1. The van der Waals surface area contributed by atoms with Gasteiger partial charge in [-0.25, -0.2) is 8.42 Å². The number of carbonyl (C=O) groups is 2. The third-order valence-electron chi connectivity index (χ3n) is 6.63. The second-order valence-corrected chi connectivity index (χ2v) is 12.5. The van der Waals surface area contributed by atoms with Gasteiger partial charge in [0.2, 0.25) is 11.8 Å². The van der Waals surface area contributed by atoms with E-state index in [1.807, 2.05) is 33.8 Å². The molecule has 220 valence electrons. The maximum atomic E-state index is 14.2. The van der Waals surface area contributed by atoms with Crippen LogP contribution in [0.2, 0.25) is 5.02 Å². The van der Waals surface area contributed by atoms with Crippen molar-refractivity contribution in [2.75, 3.05) is 18.0 Å². The van der Waals surface area contributed by atoms with Crippen molar-refractivity contribution in [3.63, 3.8) is 0 Å². The molecule has 8 nitrogen and oxygen atoms in total. The largest absolute Gasteiger partial charge is 0.497 e. The first-order chi connectivity index (χ1) is 19.4. The molecule has 0 fully saturated rings. The van der Waals surface area contributed by atoms with Crippen molar-refractivity contribution in [2.45, 2.75) is 64.6 Å². The highest BCUT2D eigenvalue weighted by molar-refractivity contribution is 7.92. The summed E-state index contributed by atoms with van der Waals surface area (Å²) in [4.78, 5) is 28.9. The molecule has 3 aromatic carbocycles. The van der Waals surface area contributed by atoms with Crippen LogP contribution in [0, 0.1) is 13.8 Å². The van der Waals surface area contributed by atoms with E-state index in [1.165, 1.54) is 23.1 Å². The molecule has 0 radical (unpaired) electrons. The lowest BCUT2D eigenvalue weighted by molar-refractivity contribution is -0.140. The Morgan fingerprint density at radius 2 is 1.68 bits per heavy atom. The maximum Gasteiger partial charge on any atom is 0.264 e. The molecule has 41 heavy (non-hydrogen) atoms. The summed E-state index contributed by atoms with van der Waals surface area (Å²) in [6, 6.07) is 17.6. The summed E-state index contributed by atoms with van der Waals surface area (Å²) >= 11 is 6.29. The summed E-state index contributed by atoms with van der Waals surface area (Å²) in [6.07, 6.45) is 0.329. The van der Waals surface area contributed by atoms with Gasteiger partial charge in [-0.2, -0.15) is 0 Å². The highest BCUT2D eigenvalue weighted by atomic mass is 35.5. The molecule has 0 spiro atoms. The number of sulfonamides is 1. The monoisotopic (exact) mass is 599 g/mol. The molecule has 0 aliphatic rings. The van der Waals surface area contributed by atoms with Crippen LogP contribution in [-0.4, -0.2) is 50.9 Å². The van der Waals surface area contributed by atoms with E-state index in [1.54, 1.807) is 56.5 Å². The van der Waals surface area contributed by atoms with Crippen LogP contribution < -0.4 is 14.4 Å². The van der Waals surface area contributed by atoms with E-state index in [2.05, 4.69) is 5.32 Å². The number of rotatable bonds is 12. The molecular weight excluding hydrogens is 562 g/mol. The third-order valence-corrected chi connectivity index (χ3v) is 8.64. The van der Waals surface area contributed by atoms with Gasteiger partial charge < -0.3 is 15.0 Å². The number of anilines is 1. The van der Waals surface area contributed by atoms with Gasteiger partial charge in [0.05, 0.1) is 17.7 Å². The van der Waals surface area contributed by atoms with Crippen LogP contribution in [0.4, 0.5) is 5.69 Å². The number of nitrogens with one attached hydrogen (secondary N) is 1. The molecule has 0 bridgehead atoms. The third kappa shape index (κ3) is 8.01. The molecule has 0 aliphatic carbocycles. The van der Waals surface area contributed by atoms with Crippen molar-refractivity contribution in [3.8, 4) is 5.75 Å². The van der Waals surface area contributed by atoms with Gasteiger partial charge in [0.15, 0.2) is 0 Å². The van der Waals surface area contributed by atoms with Gasteiger partial charge in [0.25, 0.3) is 10.0 Å². The van der Waals surface area contributed by atoms with Crippen LogP contribution in [0.15, 0.2) is 71.6 Å². The fourth-order valence-electron chi connectivity index (χ4n) is 4.47. The zero-order valence-electron chi connectivity index (χ0n) is 24.3. The summed E-state index contributed by atoms with van der Waals surface area (Å²) in [6.45, 7) is 8.67. The summed E-state index contributed by atoms with van der Waals surface area (Å²) in [7, 11) is -2.64. The van der Waals surface area contributed by atoms with Crippen molar-refractivity contribution in [1.82, 2.24) is 10.2 Å². The molecule has 3 aromatic rings. The Kier molecular flexibility index (Phi) is 10.8. The SMILES string of the molecule is CCC(C(=O)NC(C)C)N(Cc1cccc(OC)c1)C(=O)CN(c1cc(Cl)ccc1C)S(=O)(=O)c1ccc(C)cc1. The zero-order chi connectivity index (χ0) is 30.3. The van der Waals surface area contributed by atoms with E-state index in [-0.39, 0.29) is 29.1 Å². The van der Waals surface area contributed by atoms with Gasteiger partial charge >= 0.3 is 0 Å². The Bertz CT molecular complexity index is 1480. The van der Waals surface area contributed by atoms with Crippen LogP contribution in [0.3, 0.4) is 0 Å². The molecule has 0 saturated heterocycles. The zero-order valence-corrected chi connectivity index (χ0v) is 25.9. The normalized spacial score (nSPS) is 12.1. The van der Waals surface area contributed by atoms with Gasteiger partial charge in [0.1, 0.15) is 18.3 Å². The minimum atomic E-state index is -4.19. The number of halogens is 1. The number of ether oxygens (including phenoxy) is 1. The Hall–Kier alpha value is -3.56. The first-order valence-corrected chi connectivity index (χ1v) is 15.3. The number of hydrogen-bond acceptors (Lipinski definition) is 5. The number of aryl methyl sites for hydroxylation is 2. The molecule has 0 aliphatic heterocycles. The van der Waals surface area contributed by atoms with Gasteiger partial charge in [-0.05, 0) is 81.6 Å². The minimum absolute atomic E-state index is 0.0409. The van der Waals surface area contributed by atoms with Gasteiger partial charge in [-0.1, -0.05) is 54.4 Å². The van der Waals surface area contributed by atoms with E-state index in [0.29, 0.717) is 22.8 Å². The number of benzene rings is 3. The highest BCUT2D eigenvalue weighted by Crippen LogP contribution is 2.30. The maximum absolute atomic E-state index is 14.2. The molecule has 2 amide bonds. The fraction of sp³-hybridized carbons (Fsp3) is 0.355. The van der Waals surface area contributed by atoms with Crippen LogP contribution >= 0.6 is 11.6 Å². The highest BCUT2D eigenvalue weighted by Gasteiger charge is 2.34. The molecule has 0 saturated carbocycles. The second kappa shape index (κ2) is 13.9. The predicted octanol–water partition coefficient (Wildman–Crippen LogP) is 5.49. The lowest BCUT2D eigenvalue weighted by atomic mass is 10.1.